The number of hydrogen-bond acceptors (Lipinski definition) is 7. The number of nitrogen functional groups attached to an aromatic ring is 1. The first-order valence-electron chi connectivity index (χ1n) is 7.16. The highest BCUT2D eigenvalue weighted by Gasteiger charge is 2.26. The second-order valence-electron chi connectivity index (χ2n) is 5.22. The van der Waals surface area contributed by atoms with Gasteiger partial charge < -0.3 is 26.0 Å². The van der Waals surface area contributed by atoms with E-state index in [1.807, 2.05) is 37.4 Å². The monoisotopic (exact) mass is 300 g/mol. The molecule has 22 heavy (non-hydrogen) atoms. The molecule has 0 atom stereocenters. The summed E-state index contributed by atoms with van der Waals surface area (Å²) in [5, 5.41) is 6.47. The van der Waals surface area contributed by atoms with Gasteiger partial charge in [0, 0.05) is 37.0 Å². The predicted molar refractivity (Wildman–Crippen MR) is 87.8 cm³/mol. The largest absolute Gasteiger partial charge is 0.497 e. The Kier molecular flexibility index (Phi) is 3.97. The fourth-order valence-electron chi connectivity index (χ4n) is 2.38. The van der Waals surface area contributed by atoms with Crippen LogP contribution in [-0.2, 0) is 0 Å². The van der Waals surface area contributed by atoms with E-state index in [0.29, 0.717) is 11.9 Å². The van der Waals surface area contributed by atoms with Crippen molar-refractivity contribution in [2.24, 2.45) is 0 Å². The molecular weight excluding hydrogens is 280 g/mol. The standard InChI is InChI=1S/C15H20N6O/c1-17-11-8-21(9-11)14-7-13(19-15(16)20-14)18-10-4-3-5-12(6-10)22-2/h3-7,11,17H,8-9H2,1-2H3,(H3,16,18,19,20). The van der Waals surface area contributed by atoms with Gasteiger partial charge >= 0.3 is 0 Å². The average Bonchev–Trinajstić information content (AvgIpc) is 2.46. The van der Waals surface area contributed by atoms with E-state index in [9.17, 15) is 0 Å². The van der Waals surface area contributed by atoms with Crippen LogP contribution in [0.4, 0.5) is 23.3 Å². The van der Waals surface area contributed by atoms with Crippen LogP contribution < -0.4 is 26.0 Å². The number of methoxy groups -OCH3 is 1. The first-order chi connectivity index (χ1) is 10.7. The third kappa shape index (κ3) is 3.04. The number of anilines is 4. The number of aromatic nitrogens is 2. The summed E-state index contributed by atoms with van der Waals surface area (Å²) < 4.78 is 5.22. The molecule has 0 spiro atoms. The fraction of sp³-hybridized carbons (Fsp3) is 0.333. The molecule has 0 saturated carbocycles. The van der Waals surface area contributed by atoms with E-state index in [2.05, 4.69) is 25.5 Å². The minimum Gasteiger partial charge on any atom is -0.497 e. The maximum atomic E-state index is 5.82. The fourth-order valence-corrected chi connectivity index (χ4v) is 2.38. The number of ether oxygens (including phenoxy) is 1. The molecule has 0 aliphatic carbocycles. The van der Waals surface area contributed by atoms with Gasteiger partial charge in [0.15, 0.2) is 0 Å². The maximum Gasteiger partial charge on any atom is 0.223 e. The van der Waals surface area contributed by atoms with E-state index in [4.69, 9.17) is 10.5 Å². The summed E-state index contributed by atoms with van der Waals surface area (Å²) in [6.07, 6.45) is 0. The Hall–Kier alpha value is -2.54. The van der Waals surface area contributed by atoms with Crippen molar-refractivity contribution in [3.63, 3.8) is 0 Å². The zero-order valence-electron chi connectivity index (χ0n) is 12.7. The third-order valence-corrected chi connectivity index (χ3v) is 3.69. The molecule has 2 aromatic rings. The zero-order valence-corrected chi connectivity index (χ0v) is 12.7. The Labute approximate surface area is 129 Å². The van der Waals surface area contributed by atoms with E-state index in [-0.39, 0.29) is 5.95 Å². The van der Waals surface area contributed by atoms with Crippen LogP contribution in [0.15, 0.2) is 30.3 Å². The molecule has 1 aromatic carbocycles. The number of benzene rings is 1. The summed E-state index contributed by atoms with van der Waals surface area (Å²) in [4.78, 5) is 10.7. The molecule has 3 rings (SSSR count). The predicted octanol–water partition coefficient (Wildman–Crippen LogP) is 1.22. The topological polar surface area (TPSA) is 88.3 Å². The molecule has 116 valence electrons. The lowest BCUT2D eigenvalue weighted by molar-refractivity contribution is 0.415. The summed E-state index contributed by atoms with van der Waals surface area (Å²) in [6.45, 7) is 1.84. The van der Waals surface area contributed by atoms with Crippen LogP contribution in [0, 0.1) is 0 Å². The highest BCUT2D eigenvalue weighted by atomic mass is 16.5. The van der Waals surface area contributed by atoms with E-state index in [1.165, 1.54) is 0 Å². The lowest BCUT2D eigenvalue weighted by Crippen LogP contribution is -2.57. The summed E-state index contributed by atoms with van der Waals surface area (Å²) in [6, 6.07) is 10.1. The molecule has 1 fully saturated rings. The second kappa shape index (κ2) is 6.07. The molecule has 0 unspecified atom stereocenters. The minimum absolute atomic E-state index is 0.260. The van der Waals surface area contributed by atoms with Crippen LogP contribution in [0.25, 0.3) is 0 Å². The molecule has 1 aliphatic heterocycles. The smallest absolute Gasteiger partial charge is 0.223 e. The first-order valence-corrected chi connectivity index (χ1v) is 7.16. The Balaban J connectivity index is 1.77. The number of likely N-dealkylation sites (N-methyl/N-ethyl adjacent to an activating group) is 1. The lowest BCUT2D eigenvalue weighted by Gasteiger charge is -2.40. The Morgan fingerprint density at radius 2 is 2.09 bits per heavy atom. The number of nitrogens with zero attached hydrogens (tertiary/aromatic N) is 3. The SMILES string of the molecule is CNC1CN(c2cc(Nc3cccc(OC)c3)nc(N)n2)C1. The molecule has 7 nitrogen and oxygen atoms in total. The maximum absolute atomic E-state index is 5.82. The van der Waals surface area contributed by atoms with Crippen molar-refractivity contribution < 1.29 is 4.74 Å². The lowest BCUT2D eigenvalue weighted by atomic mass is 10.1. The number of hydrogen-bond donors (Lipinski definition) is 3. The Morgan fingerprint density at radius 3 is 2.82 bits per heavy atom. The van der Waals surface area contributed by atoms with Crippen LogP contribution in [0.2, 0.25) is 0 Å². The zero-order chi connectivity index (χ0) is 15.5. The average molecular weight is 300 g/mol. The van der Waals surface area contributed by atoms with Crippen LogP contribution in [0.1, 0.15) is 0 Å². The van der Waals surface area contributed by atoms with E-state index in [0.717, 1.165) is 30.3 Å². The van der Waals surface area contributed by atoms with Crippen molar-refractivity contribution >= 4 is 23.3 Å². The van der Waals surface area contributed by atoms with Gasteiger partial charge in [-0.2, -0.15) is 9.97 Å². The molecule has 7 heteroatoms. The summed E-state index contributed by atoms with van der Waals surface area (Å²) in [5.74, 6) is 2.55. The number of nitrogens with one attached hydrogen (secondary N) is 2. The highest BCUT2D eigenvalue weighted by molar-refractivity contribution is 5.63. The molecule has 1 saturated heterocycles. The molecule has 0 bridgehead atoms. The van der Waals surface area contributed by atoms with E-state index >= 15 is 0 Å². The van der Waals surface area contributed by atoms with Crippen molar-refractivity contribution in [3.05, 3.63) is 30.3 Å². The van der Waals surface area contributed by atoms with E-state index < -0.39 is 0 Å². The Morgan fingerprint density at radius 1 is 1.27 bits per heavy atom. The number of rotatable bonds is 5. The van der Waals surface area contributed by atoms with Crippen molar-refractivity contribution in [2.45, 2.75) is 6.04 Å². The molecular formula is C15H20N6O. The minimum atomic E-state index is 0.260. The van der Waals surface area contributed by atoms with Crippen molar-refractivity contribution in [1.82, 2.24) is 15.3 Å². The third-order valence-electron chi connectivity index (χ3n) is 3.69. The Bertz CT molecular complexity index is 656. The normalized spacial score (nSPS) is 14.5. The van der Waals surface area contributed by atoms with Gasteiger partial charge in [-0.1, -0.05) is 6.07 Å². The van der Waals surface area contributed by atoms with Crippen LogP contribution in [0.5, 0.6) is 5.75 Å². The van der Waals surface area contributed by atoms with Crippen LogP contribution in [0.3, 0.4) is 0 Å². The van der Waals surface area contributed by atoms with E-state index in [1.54, 1.807) is 7.11 Å². The van der Waals surface area contributed by atoms with Crippen molar-refractivity contribution in [1.29, 1.82) is 0 Å². The molecule has 0 radical (unpaired) electrons. The molecule has 1 aliphatic rings. The molecule has 2 heterocycles. The summed E-state index contributed by atoms with van der Waals surface area (Å²) in [7, 11) is 3.61. The summed E-state index contributed by atoms with van der Waals surface area (Å²) in [5.41, 5.74) is 6.71. The molecule has 1 aromatic heterocycles. The quantitative estimate of drug-likeness (QED) is 0.765. The van der Waals surface area contributed by atoms with Gasteiger partial charge in [-0.05, 0) is 19.2 Å². The van der Waals surface area contributed by atoms with Gasteiger partial charge in [0.1, 0.15) is 17.4 Å². The molecule has 4 N–H and O–H groups in total. The van der Waals surface area contributed by atoms with Gasteiger partial charge in [-0.3, -0.25) is 0 Å². The second-order valence-corrected chi connectivity index (χ2v) is 5.22. The van der Waals surface area contributed by atoms with Crippen molar-refractivity contribution in [3.8, 4) is 5.75 Å². The van der Waals surface area contributed by atoms with Crippen LogP contribution >= 0.6 is 0 Å². The van der Waals surface area contributed by atoms with Gasteiger partial charge in [-0.15, -0.1) is 0 Å². The van der Waals surface area contributed by atoms with Gasteiger partial charge in [0.05, 0.1) is 7.11 Å². The number of nitrogens with two attached hydrogens (primary N) is 1. The van der Waals surface area contributed by atoms with Gasteiger partial charge in [0.2, 0.25) is 5.95 Å². The first kappa shape index (κ1) is 14.4. The van der Waals surface area contributed by atoms with Crippen molar-refractivity contribution in [2.75, 3.05) is 43.2 Å². The van der Waals surface area contributed by atoms with Gasteiger partial charge in [0.25, 0.3) is 0 Å². The highest BCUT2D eigenvalue weighted by Crippen LogP contribution is 2.25. The van der Waals surface area contributed by atoms with Crippen LogP contribution in [-0.4, -0.2) is 43.3 Å². The van der Waals surface area contributed by atoms with Gasteiger partial charge in [-0.25, -0.2) is 0 Å². The molecule has 0 amide bonds. The summed E-state index contributed by atoms with van der Waals surface area (Å²) >= 11 is 0.